The first-order valence-electron chi connectivity index (χ1n) is 4.89. The fourth-order valence-corrected chi connectivity index (χ4v) is 3.10. The Morgan fingerprint density at radius 2 is 2.25 bits per heavy atom. The molecule has 1 spiro atoms. The van der Waals surface area contributed by atoms with E-state index in [1.54, 1.807) is 0 Å². The fraction of sp³-hybridized carbons (Fsp3) is 1.00. The molecular weight excluding hydrogens is 152 g/mol. The van der Waals surface area contributed by atoms with E-state index in [0.717, 1.165) is 19.1 Å². The summed E-state index contributed by atoms with van der Waals surface area (Å²) in [5, 5.41) is 0. The predicted octanol–water partition coefficient (Wildman–Crippen LogP) is -0.192. The SMILES string of the molecule is NC[C@@H]1CN2CC3CC2(CO1)C3. The molecule has 4 fully saturated rings. The minimum atomic E-state index is 0.301. The molecule has 1 aliphatic carbocycles. The molecule has 0 unspecified atom stereocenters. The van der Waals surface area contributed by atoms with Crippen LogP contribution in [-0.2, 0) is 4.74 Å². The Kier molecular flexibility index (Phi) is 1.35. The van der Waals surface area contributed by atoms with Crippen LogP contribution in [0.5, 0.6) is 0 Å². The molecular formula is C9H16N2O. The third-order valence-corrected chi connectivity index (χ3v) is 3.76. The molecule has 0 radical (unpaired) electrons. The molecule has 2 N–H and O–H groups in total. The first-order valence-corrected chi connectivity index (χ1v) is 4.89. The van der Waals surface area contributed by atoms with Crippen LogP contribution in [0.25, 0.3) is 0 Å². The molecule has 2 bridgehead atoms. The van der Waals surface area contributed by atoms with Crippen molar-refractivity contribution in [3.05, 3.63) is 0 Å². The highest BCUT2D eigenvalue weighted by molar-refractivity contribution is 5.12. The highest BCUT2D eigenvalue weighted by atomic mass is 16.5. The van der Waals surface area contributed by atoms with E-state index in [1.165, 1.54) is 19.4 Å². The minimum absolute atomic E-state index is 0.301. The van der Waals surface area contributed by atoms with Crippen molar-refractivity contribution in [2.45, 2.75) is 24.5 Å². The topological polar surface area (TPSA) is 38.5 Å². The van der Waals surface area contributed by atoms with Crippen molar-refractivity contribution >= 4 is 0 Å². The Labute approximate surface area is 72.9 Å². The van der Waals surface area contributed by atoms with Crippen LogP contribution in [0.4, 0.5) is 0 Å². The Balaban J connectivity index is 1.76. The highest BCUT2D eigenvalue weighted by Gasteiger charge is 2.57. The van der Waals surface area contributed by atoms with Crippen molar-refractivity contribution in [2.75, 3.05) is 26.2 Å². The number of ether oxygens (including phenoxy) is 1. The Morgan fingerprint density at radius 1 is 1.42 bits per heavy atom. The van der Waals surface area contributed by atoms with Gasteiger partial charge in [0, 0.05) is 25.2 Å². The van der Waals surface area contributed by atoms with Crippen molar-refractivity contribution in [1.29, 1.82) is 0 Å². The van der Waals surface area contributed by atoms with E-state index in [4.69, 9.17) is 10.5 Å². The van der Waals surface area contributed by atoms with Gasteiger partial charge in [-0.3, -0.25) is 4.90 Å². The molecule has 0 aromatic rings. The van der Waals surface area contributed by atoms with Crippen LogP contribution in [0.3, 0.4) is 0 Å². The molecule has 68 valence electrons. The maximum absolute atomic E-state index is 5.72. The quantitative estimate of drug-likeness (QED) is 0.589. The van der Waals surface area contributed by atoms with E-state index in [1.807, 2.05) is 0 Å². The first kappa shape index (κ1) is 7.30. The molecule has 0 aromatic carbocycles. The van der Waals surface area contributed by atoms with Crippen molar-refractivity contribution < 1.29 is 4.74 Å². The summed E-state index contributed by atoms with van der Waals surface area (Å²) < 4.78 is 5.72. The third-order valence-electron chi connectivity index (χ3n) is 3.76. The summed E-state index contributed by atoms with van der Waals surface area (Å²) in [4.78, 5) is 2.61. The number of morpholine rings is 1. The summed E-state index contributed by atoms with van der Waals surface area (Å²) in [6.45, 7) is 4.00. The normalized spacial score (nSPS) is 51.8. The molecule has 1 saturated carbocycles. The zero-order chi connectivity index (χ0) is 8.18. The van der Waals surface area contributed by atoms with Crippen LogP contribution in [0.2, 0.25) is 0 Å². The van der Waals surface area contributed by atoms with Crippen molar-refractivity contribution in [3.8, 4) is 0 Å². The van der Waals surface area contributed by atoms with Crippen LogP contribution < -0.4 is 5.73 Å². The third kappa shape index (κ3) is 0.767. The van der Waals surface area contributed by atoms with Gasteiger partial charge in [0.05, 0.1) is 12.7 Å². The molecule has 0 aromatic heterocycles. The second kappa shape index (κ2) is 2.22. The Morgan fingerprint density at radius 3 is 3.00 bits per heavy atom. The number of hydrogen-bond donors (Lipinski definition) is 1. The van der Waals surface area contributed by atoms with Gasteiger partial charge in [-0.25, -0.2) is 0 Å². The van der Waals surface area contributed by atoms with Crippen LogP contribution in [-0.4, -0.2) is 42.8 Å². The van der Waals surface area contributed by atoms with E-state index in [0.29, 0.717) is 18.2 Å². The second-order valence-electron chi connectivity index (χ2n) is 4.57. The van der Waals surface area contributed by atoms with E-state index in [2.05, 4.69) is 4.90 Å². The number of rotatable bonds is 1. The lowest BCUT2D eigenvalue weighted by Crippen LogP contribution is -2.58. The summed E-state index contributed by atoms with van der Waals surface area (Å²) in [6, 6.07) is 0. The summed E-state index contributed by atoms with van der Waals surface area (Å²) in [5.41, 5.74) is 6.06. The summed E-state index contributed by atoms with van der Waals surface area (Å²) in [6.07, 6.45) is 3.06. The first-order chi connectivity index (χ1) is 5.82. The highest BCUT2D eigenvalue weighted by Crippen LogP contribution is 2.51. The van der Waals surface area contributed by atoms with Gasteiger partial charge >= 0.3 is 0 Å². The molecule has 0 amide bonds. The van der Waals surface area contributed by atoms with E-state index < -0.39 is 0 Å². The molecule has 3 aliphatic heterocycles. The second-order valence-corrected chi connectivity index (χ2v) is 4.57. The Hall–Kier alpha value is -0.120. The molecule has 4 aliphatic rings. The van der Waals surface area contributed by atoms with Crippen molar-refractivity contribution in [1.82, 2.24) is 4.90 Å². The van der Waals surface area contributed by atoms with Crippen LogP contribution in [0, 0.1) is 5.92 Å². The standard InChI is InChI=1S/C9H16N2O/c10-3-8-5-11-4-7-1-9(11,2-7)6-12-8/h7-8H,1-6,10H2/t7?,8-,9?/m1/s1. The Bertz CT molecular complexity index is 201. The zero-order valence-electron chi connectivity index (χ0n) is 7.33. The largest absolute Gasteiger partial charge is 0.374 e. The maximum Gasteiger partial charge on any atom is 0.0825 e. The average molecular weight is 168 g/mol. The van der Waals surface area contributed by atoms with Crippen molar-refractivity contribution in [2.24, 2.45) is 11.7 Å². The molecule has 12 heavy (non-hydrogen) atoms. The van der Waals surface area contributed by atoms with Crippen LogP contribution >= 0.6 is 0 Å². The molecule has 3 saturated heterocycles. The van der Waals surface area contributed by atoms with Gasteiger partial charge in [-0.1, -0.05) is 0 Å². The predicted molar refractivity (Wildman–Crippen MR) is 45.8 cm³/mol. The fourth-order valence-electron chi connectivity index (χ4n) is 3.10. The summed E-state index contributed by atoms with van der Waals surface area (Å²) in [5.74, 6) is 0.977. The molecule has 4 rings (SSSR count). The van der Waals surface area contributed by atoms with Gasteiger partial charge in [0.2, 0.25) is 0 Å². The monoisotopic (exact) mass is 168 g/mol. The molecule has 3 heteroatoms. The van der Waals surface area contributed by atoms with Crippen LogP contribution in [0.1, 0.15) is 12.8 Å². The maximum atomic E-state index is 5.72. The number of nitrogens with two attached hydrogens (primary N) is 1. The van der Waals surface area contributed by atoms with Gasteiger partial charge in [0.25, 0.3) is 0 Å². The summed E-state index contributed by atoms with van der Waals surface area (Å²) in [7, 11) is 0. The van der Waals surface area contributed by atoms with Gasteiger partial charge in [-0.2, -0.15) is 0 Å². The van der Waals surface area contributed by atoms with Gasteiger partial charge in [0.15, 0.2) is 0 Å². The average Bonchev–Trinajstić information content (AvgIpc) is 2.55. The molecule has 3 heterocycles. The summed E-state index contributed by atoms with van der Waals surface area (Å²) >= 11 is 0. The van der Waals surface area contributed by atoms with E-state index >= 15 is 0 Å². The van der Waals surface area contributed by atoms with Crippen LogP contribution in [0.15, 0.2) is 0 Å². The zero-order valence-corrected chi connectivity index (χ0v) is 7.33. The lowest BCUT2D eigenvalue weighted by Gasteiger charge is -2.47. The van der Waals surface area contributed by atoms with E-state index in [9.17, 15) is 0 Å². The minimum Gasteiger partial charge on any atom is -0.374 e. The van der Waals surface area contributed by atoms with Gasteiger partial charge < -0.3 is 10.5 Å². The lowest BCUT2D eigenvalue weighted by molar-refractivity contribution is -0.0993. The number of hydrogen-bond acceptors (Lipinski definition) is 3. The number of nitrogens with zero attached hydrogens (tertiary/aromatic N) is 1. The van der Waals surface area contributed by atoms with Gasteiger partial charge in [0.1, 0.15) is 0 Å². The molecule has 3 nitrogen and oxygen atoms in total. The van der Waals surface area contributed by atoms with Gasteiger partial charge in [-0.05, 0) is 18.8 Å². The molecule has 1 atom stereocenters. The lowest BCUT2D eigenvalue weighted by atomic mass is 9.73. The van der Waals surface area contributed by atoms with E-state index in [-0.39, 0.29) is 0 Å². The smallest absolute Gasteiger partial charge is 0.0825 e. The van der Waals surface area contributed by atoms with Gasteiger partial charge in [-0.15, -0.1) is 0 Å². The van der Waals surface area contributed by atoms with Crippen molar-refractivity contribution in [3.63, 3.8) is 0 Å².